The van der Waals surface area contributed by atoms with Crippen LogP contribution in [0.25, 0.3) is 44.5 Å². The molecule has 0 radical (unpaired) electrons. The Bertz CT molecular complexity index is 2680. The number of fused-ring (bicyclic) bond motifs is 6. The molecule has 0 fully saturated rings. The second kappa shape index (κ2) is 12.9. The first-order valence-corrected chi connectivity index (χ1v) is 20.7. The van der Waals surface area contributed by atoms with E-state index in [9.17, 15) is 0 Å². The topological polar surface area (TPSA) is 3.24 Å². The molecule has 7 aromatic carbocycles. The quantitative estimate of drug-likeness (QED) is 0.170. The molecule has 2 aliphatic rings. The molecule has 0 heterocycles. The summed E-state index contributed by atoms with van der Waals surface area (Å²) in [4.78, 5) is 2.50. The van der Waals surface area contributed by atoms with Crippen LogP contribution >= 0.6 is 0 Å². The second-order valence-corrected chi connectivity index (χ2v) is 19.5. The van der Waals surface area contributed by atoms with Crippen LogP contribution in [0.5, 0.6) is 0 Å². The largest absolute Gasteiger partial charge is 0.310 e. The number of hydrogen-bond donors (Lipinski definition) is 0. The van der Waals surface area contributed by atoms with Crippen molar-refractivity contribution in [3.8, 4) is 44.5 Å². The summed E-state index contributed by atoms with van der Waals surface area (Å²) in [6, 6.07) is 57.3. The van der Waals surface area contributed by atoms with Crippen LogP contribution in [0.15, 0.2) is 152 Å². The molecule has 0 atom stereocenters. The van der Waals surface area contributed by atoms with Crippen LogP contribution in [-0.2, 0) is 21.7 Å². The molecular formula is C56H55N. The van der Waals surface area contributed by atoms with Gasteiger partial charge in [0, 0.05) is 27.8 Å². The van der Waals surface area contributed by atoms with E-state index in [1.807, 2.05) is 0 Å². The molecule has 284 valence electrons. The van der Waals surface area contributed by atoms with E-state index in [-0.39, 0.29) is 21.7 Å². The molecule has 7 aromatic rings. The van der Waals surface area contributed by atoms with Gasteiger partial charge in [0.05, 0.1) is 5.69 Å². The minimum absolute atomic E-state index is 0.0341. The summed E-state index contributed by atoms with van der Waals surface area (Å²) in [5.74, 6) is 0. The Labute approximate surface area is 341 Å². The maximum Gasteiger partial charge on any atom is 0.0540 e. The normalized spacial score (nSPS) is 14.8. The average Bonchev–Trinajstić information content (AvgIpc) is 3.57. The Morgan fingerprint density at radius 1 is 0.368 bits per heavy atom. The van der Waals surface area contributed by atoms with Gasteiger partial charge in [0.15, 0.2) is 0 Å². The summed E-state index contributed by atoms with van der Waals surface area (Å²) in [6.07, 6.45) is 0. The zero-order valence-corrected chi connectivity index (χ0v) is 35.4. The van der Waals surface area contributed by atoms with Crippen molar-refractivity contribution in [2.75, 3.05) is 4.90 Å². The van der Waals surface area contributed by atoms with Crippen molar-refractivity contribution in [1.29, 1.82) is 0 Å². The van der Waals surface area contributed by atoms with Crippen LogP contribution in [0, 0.1) is 0 Å². The highest BCUT2D eigenvalue weighted by atomic mass is 15.1. The lowest BCUT2D eigenvalue weighted by Crippen LogP contribution is -2.19. The third kappa shape index (κ3) is 5.97. The zero-order valence-electron chi connectivity index (χ0n) is 35.4. The first-order chi connectivity index (χ1) is 27.0. The summed E-state index contributed by atoms with van der Waals surface area (Å²) in [6.45, 7) is 23.6. The highest BCUT2D eigenvalue weighted by Gasteiger charge is 2.40. The van der Waals surface area contributed by atoms with E-state index in [0.29, 0.717) is 0 Å². The number of hydrogen-bond acceptors (Lipinski definition) is 1. The number of anilines is 3. The number of para-hydroxylation sites is 1. The van der Waals surface area contributed by atoms with Crippen molar-refractivity contribution in [2.24, 2.45) is 0 Å². The monoisotopic (exact) mass is 741 g/mol. The summed E-state index contributed by atoms with van der Waals surface area (Å²) in [7, 11) is 0. The zero-order chi connectivity index (χ0) is 40.1. The van der Waals surface area contributed by atoms with Crippen LogP contribution in [0.3, 0.4) is 0 Å². The molecule has 9 rings (SSSR count). The second-order valence-electron chi connectivity index (χ2n) is 19.5. The lowest BCUT2D eigenvalue weighted by molar-refractivity contribution is 0.580. The highest BCUT2D eigenvalue weighted by Crippen LogP contribution is 2.56. The summed E-state index contributed by atoms with van der Waals surface area (Å²) < 4.78 is 0. The van der Waals surface area contributed by atoms with Gasteiger partial charge in [-0.15, -0.1) is 0 Å². The van der Waals surface area contributed by atoms with Crippen molar-refractivity contribution in [3.63, 3.8) is 0 Å². The molecule has 1 heteroatoms. The minimum atomic E-state index is -0.148. The minimum Gasteiger partial charge on any atom is -0.310 e. The van der Waals surface area contributed by atoms with E-state index in [2.05, 4.69) is 226 Å². The van der Waals surface area contributed by atoms with Gasteiger partial charge in [-0.25, -0.2) is 0 Å². The Hall–Kier alpha value is -5.66. The predicted octanol–water partition coefficient (Wildman–Crippen LogP) is 15.7. The van der Waals surface area contributed by atoms with Crippen LogP contribution in [0.1, 0.15) is 103 Å². The van der Waals surface area contributed by atoms with Crippen LogP contribution < -0.4 is 4.90 Å². The van der Waals surface area contributed by atoms with Crippen LogP contribution in [0.4, 0.5) is 17.1 Å². The standard InChI is InChI=1S/C56H55N/c1-53(2,3)38-26-30-45-48(33-38)56(9,10)50-34-39(54(4,5)6)32-46(52(45)50)44-21-15-17-23-51(44)57(40-27-24-37(25-28-40)36-18-12-11-13-19-36)41-29-31-43-42-20-14-16-22-47(42)55(7,8)49(43)35-41/h11-35H,1-10H3. The summed E-state index contributed by atoms with van der Waals surface area (Å²) in [5.41, 5.74) is 21.9. The molecule has 0 amide bonds. The molecule has 0 saturated heterocycles. The van der Waals surface area contributed by atoms with Crippen molar-refractivity contribution in [3.05, 3.63) is 185 Å². The SMILES string of the molecule is CC(C)(C)c1ccc2c(c1)C(C)(C)c1cc(C(C)(C)C)cc(-c3ccccc3N(c3ccc(-c4ccccc4)cc3)c3ccc4c(c3)C(C)(C)c3ccccc3-4)c1-2. The van der Waals surface area contributed by atoms with Gasteiger partial charge >= 0.3 is 0 Å². The van der Waals surface area contributed by atoms with E-state index in [1.54, 1.807) is 0 Å². The van der Waals surface area contributed by atoms with Gasteiger partial charge in [-0.05, 0) is 120 Å². The average molecular weight is 742 g/mol. The van der Waals surface area contributed by atoms with Gasteiger partial charge in [-0.3, -0.25) is 0 Å². The molecule has 0 aromatic heterocycles. The van der Waals surface area contributed by atoms with Gasteiger partial charge in [0.2, 0.25) is 0 Å². The van der Waals surface area contributed by atoms with Gasteiger partial charge in [0.25, 0.3) is 0 Å². The summed E-state index contributed by atoms with van der Waals surface area (Å²) in [5, 5.41) is 0. The van der Waals surface area contributed by atoms with E-state index >= 15 is 0 Å². The van der Waals surface area contributed by atoms with Gasteiger partial charge in [-0.2, -0.15) is 0 Å². The molecular weight excluding hydrogens is 687 g/mol. The predicted molar refractivity (Wildman–Crippen MR) is 245 cm³/mol. The lowest BCUT2D eigenvalue weighted by atomic mass is 9.76. The first-order valence-electron chi connectivity index (χ1n) is 20.7. The fraction of sp³-hybridized carbons (Fsp3) is 0.250. The Morgan fingerprint density at radius 2 is 0.895 bits per heavy atom. The van der Waals surface area contributed by atoms with Crippen molar-refractivity contribution in [2.45, 2.75) is 90.9 Å². The number of rotatable bonds is 5. The maximum atomic E-state index is 2.51. The summed E-state index contributed by atoms with van der Waals surface area (Å²) >= 11 is 0. The molecule has 2 aliphatic carbocycles. The molecule has 0 spiro atoms. The van der Waals surface area contributed by atoms with Crippen LogP contribution in [0.2, 0.25) is 0 Å². The maximum absolute atomic E-state index is 2.51. The number of benzene rings is 7. The lowest BCUT2D eigenvalue weighted by Gasteiger charge is -2.31. The fourth-order valence-corrected chi connectivity index (χ4v) is 9.55. The smallest absolute Gasteiger partial charge is 0.0540 e. The first kappa shape index (κ1) is 36.9. The number of nitrogens with zero attached hydrogens (tertiary/aromatic N) is 1. The highest BCUT2D eigenvalue weighted by molar-refractivity contribution is 5.99. The third-order valence-corrected chi connectivity index (χ3v) is 13.0. The molecule has 0 bridgehead atoms. The van der Waals surface area contributed by atoms with Crippen molar-refractivity contribution >= 4 is 17.1 Å². The molecule has 0 N–H and O–H groups in total. The Kier molecular flexibility index (Phi) is 8.38. The molecule has 0 saturated carbocycles. The molecule has 0 unspecified atom stereocenters. The van der Waals surface area contributed by atoms with E-state index in [4.69, 9.17) is 0 Å². The van der Waals surface area contributed by atoms with E-state index in [1.165, 1.54) is 83.6 Å². The Balaban J connectivity index is 1.30. The van der Waals surface area contributed by atoms with Crippen LogP contribution in [-0.4, -0.2) is 0 Å². The Morgan fingerprint density at radius 3 is 1.60 bits per heavy atom. The van der Waals surface area contributed by atoms with Crippen molar-refractivity contribution < 1.29 is 0 Å². The molecule has 57 heavy (non-hydrogen) atoms. The molecule has 1 nitrogen and oxygen atoms in total. The van der Waals surface area contributed by atoms with Gasteiger partial charge in [0.1, 0.15) is 0 Å². The van der Waals surface area contributed by atoms with E-state index < -0.39 is 0 Å². The molecule has 0 aliphatic heterocycles. The van der Waals surface area contributed by atoms with Gasteiger partial charge in [-0.1, -0.05) is 184 Å². The van der Waals surface area contributed by atoms with Crippen molar-refractivity contribution in [1.82, 2.24) is 0 Å². The third-order valence-electron chi connectivity index (χ3n) is 13.0. The fourth-order valence-electron chi connectivity index (χ4n) is 9.55. The van der Waals surface area contributed by atoms with E-state index in [0.717, 1.165) is 11.4 Å². The van der Waals surface area contributed by atoms with Gasteiger partial charge < -0.3 is 4.90 Å².